The zero-order valence-corrected chi connectivity index (χ0v) is 10.6. The zero-order chi connectivity index (χ0) is 13.1. The molecule has 2 rings (SSSR count). The summed E-state index contributed by atoms with van der Waals surface area (Å²) in [4.78, 5) is 6.61. The summed E-state index contributed by atoms with van der Waals surface area (Å²) in [6.07, 6.45) is -2.25. The number of aliphatic hydroxyl groups is 2. The van der Waals surface area contributed by atoms with Crippen LogP contribution in [-0.2, 0) is 0 Å². The van der Waals surface area contributed by atoms with E-state index in [4.69, 9.17) is 17.1 Å². The van der Waals surface area contributed by atoms with Crippen molar-refractivity contribution in [3.8, 4) is 0 Å². The van der Waals surface area contributed by atoms with Crippen LogP contribution in [0.2, 0.25) is 4.47 Å². The largest absolute Gasteiger partial charge is 0.390 e. The van der Waals surface area contributed by atoms with Gasteiger partial charge in [-0.25, -0.2) is 4.98 Å². The monoisotopic (exact) mass is 284 g/mol. The Morgan fingerprint density at radius 2 is 2.28 bits per heavy atom. The molecule has 0 bridgehead atoms. The van der Waals surface area contributed by atoms with Crippen molar-refractivity contribution in [3.63, 3.8) is 0 Å². The number of benzene rings is 1. The van der Waals surface area contributed by atoms with E-state index in [1.54, 1.807) is 18.2 Å². The van der Waals surface area contributed by atoms with Crippen LogP contribution in [0.25, 0.3) is 20.7 Å². The summed E-state index contributed by atoms with van der Waals surface area (Å²) in [6, 6.07) is 5.09. The van der Waals surface area contributed by atoms with Crippen molar-refractivity contribution in [2.24, 2.45) is 5.11 Å². The lowest BCUT2D eigenvalue weighted by atomic mass is 10.0. The van der Waals surface area contributed by atoms with Crippen molar-refractivity contribution < 1.29 is 10.2 Å². The topological polar surface area (TPSA) is 102 Å². The van der Waals surface area contributed by atoms with E-state index in [0.717, 1.165) is 10.2 Å². The number of rotatable bonds is 4. The lowest BCUT2D eigenvalue weighted by molar-refractivity contribution is 0.0245. The summed E-state index contributed by atoms with van der Waals surface area (Å²) in [5.74, 6) is 0. The summed E-state index contributed by atoms with van der Waals surface area (Å²) in [5.41, 5.74) is 9.43. The van der Waals surface area contributed by atoms with Crippen LogP contribution >= 0.6 is 22.9 Å². The Hall–Kier alpha value is -1.37. The molecule has 0 aliphatic heterocycles. The van der Waals surface area contributed by atoms with Crippen molar-refractivity contribution >= 4 is 33.2 Å². The molecule has 0 radical (unpaired) electrons. The van der Waals surface area contributed by atoms with Crippen molar-refractivity contribution in [2.45, 2.75) is 12.2 Å². The molecule has 2 N–H and O–H groups in total. The van der Waals surface area contributed by atoms with Gasteiger partial charge in [0.05, 0.1) is 22.9 Å². The fourth-order valence-corrected chi connectivity index (χ4v) is 2.62. The predicted molar refractivity (Wildman–Crippen MR) is 69.6 cm³/mol. The van der Waals surface area contributed by atoms with Crippen LogP contribution in [0.4, 0.5) is 0 Å². The Kier molecular flexibility index (Phi) is 4.00. The summed E-state index contributed by atoms with van der Waals surface area (Å²) in [7, 11) is 0. The standard InChI is InChI=1S/C10H9ClN4O2S/c11-10-14-6-2-1-5(3-8(6)18-10)9(17)7(16)4-13-15-12/h1-3,7,9,16-17H,4H2. The Morgan fingerprint density at radius 3 is 3.00 bits per heavy atom. The highest BCUT2D eigenvalue weighted by Crippen LogP contribution is 2.29. The molecule has 0 spiro atoms. The molecule has 0 saturated heterocycles. The highest BCUT2D eigenvalue weighted by Gasteiger charge is 2.18. The average molecular weight is 285 g/mol. The number of nitrogens with zero attached hydrogens (tertiary/aromatic N) is 4. The number of thiazole rings is 1. The molecule has 94 valence electrons. The van der Waals surface area contributed by atoms with Gasteiger partial charge in [-0.05, 0) is 23.2 Å². The summed E-state index contributed by atoms with van der Waals surface area (Å²) in [6.45, 7) is -0.181. The van der Waals surface area contributed by atoms with Crippen molar-refractivity contribution in [2.75, 3.05) is 6.54 Å². The molecule has 0 aliphatic carbocycles. The molecule has 18 heavy (non-hydrogen) atoms. The molecular weight excluding hydrogens is 276 g/mol. The summed E-state index contributed by atoms with van der Waals surface area (Å²) >= 11 is 7.08. The molecule has 1 aromatic heterocycles. The quantitative estimate of drug-likeness (QED) is 0.512. The van der Waals surface area contributed by atoms with Crippen LogP contribution < -0.4 is 0 Å². The van der Waals surface area contributed by atoms with Crippen LogP contribution in [0.5, 0.6) is 0 Å². The highest BCUT2D eigenvalue weighted by atomic mass is 35.5. The lowest BCUT2D eigenvalue weighted by Gasteiger charge is -2.15. The van der Waals surface area contributed by atoms with E-state index in [9.17, 15) is 10.2 Å². The van der Waals surface area contributed by atoms with Crippen molar-refractivity contribution in [3.05, 3.63) is 38.7 Å². The van der Waals surface area contributed by atoms with E-state index >= 15 is 0 Å². The van der Waals surface area contributed by atoms with E-state index in [1.807, 2.05) is 0 Å². The van der Waals surface area contributed by atoms with E-state index in [2.05, 4.69) is 15.0 Å². The predicted octanol–water partition coefficient (Wildman–Crippen LogP) is 2.65. The maximum Gasteiger partial charge on any atom is 0.184 e. The van der Waals surface area contributed by atoms with Crippen molar-refractivity contribution in [1.82, 2.24) is 4.98 Å². The third-order valence-corrected chi connectivity index (χ3v) is 3.55. The van der Waals surface area contributed by atoms with E-state index < -0.39 is 12.2 Å². The number of hydrogen-bond acceptors (Lipinski definition) is 5. The van der Waals surface area contributed by atoms with Gasteiger partial charge in [-0.3, -0.25) is 0 Å². The summed E-state index contributed by atoms with van der Waals surface area (Å²) in [5, 5.41) is 22.8. The van der Waals surface area contributed by atoms with E-state index in [-0.39, 0.29) is 6.54 Å². The van der Waals surface area contributed by atoms with Gasteiger partial charge in [0.1, 0.15) is 6.10 Å². The highest BCUT2D eigenvalue weighted by molar-refractivity contribution is 7.22. The Bertz CT molecular complexity index is 611. The Labute approximate surface area is 111 Å². The van der Waals surface area contributed by atoms with Gasteiger partial charge in [-0.1, -0.05) is 22.8 Å². The SMILES string of the molecule is [N-]=[N+]=NCC(O)C(O)c1ccc2nc(Cl)sc2c1. The van der Waals surface area contributed by atoms with E-state index in [0.29, 0.717) is 10.0 Å². The van der Waals surface area contributed by atoms with Gasteiger partial charge in [0.25, 0.3) is 0 Å². The molecule has 2 aromatic rings. The van der Waals surface area contributed by atoms with Crippen molar-refractivity contribution in [1.29, 1.82) is 0 Å². The second-order valence-corrected chi connectivity index (χ2v) is 5.23. The second kappa shape index (κ2) is 5.51. The second-order valence-electron chi connectivity index (χ2n) is 3.62. The normalized spacial score (nSPS) is 14.2. The number of aromatic nitrogens is 1. The average Bonchev–Trinajstić information content (AvgIpc) is 2.73. The molecule has 0 saturated carbocycles. The molecular formula is C10H9ClN4O2S. The smallest absolute Gasteiger partial charge is 0.184 e. The zero-order valence-electron chi connectivity index (χ0n) is 9.06. The Balaban J connectivity index is 2.26. The van der Waals surface area contributed by atoms with Gasteiger partial charge in [0, 0.05) is 4.91 Å². The maximum atomic E-state index is 9.90. The fraction of sp³-hybridized carbons (Fsp3) is 0.300. The molecule has 0 aliphatic rings. The molecule has 2 atom stereocenters. The van der Waals surface area contributed by atoms with Crippen LogP contribution in [-0.4, -0.2) is 27.8 Å². The third-order valence-electron chi connectivity index (χ3n) is 2.42. The molecule has 2 unspecified atom stereocenters. The number of aliphatic hydroxyl groups excluding tert-OH is 2. The maximum absolute atomic E-state index is 9.90. The minimum absolute atomic E-state index is 0.181. The van der Waals surface area contributed by atoms with Gasteiger partial charge in [-0.15, -0.1) is 11.3 Å². The molecule has 1 heterocycles. The van der Waals surface area contributed by atoms with Crippen LogP contribution in [0.1, 0.15) is 11.7 Å². The van der Waals surface area contributed by atoms with Gasteiger partial charge in [0.2, 0.25) is 0 Å². The first kappa shape index (κ1) is 13.1. The fourth-order valence-electron chi connectivity index (χ4n) is 1.54. The lowest BCUT2D eigenvalue weighted by Crippen LogP contribution is -2.21. The van der Waals surface area contributed by atoms with Gasteiger partial charge >= 0.3 is 0 Å². The molecule has 1 aromatic carbocycles. The van der Waals surface area contributed by atoms with Gasteiger partial charge in [-0.2, -0.15) is 0 Å². The van der Waals surface area contributed by atoms with Crippen LogP contribution in [0, 0.1) is 0 Å². The number of halogens is 1. The minimum Gasteiger partial charge on any atom is -0.390 e. The Morgan fingerprint density at radius 1 is 1.50 bits per heavy atom. The first-order valence-corrected chi connectivity index (χ1v) is 6.24. The van der Waals surface area contributed by atoms with Gasteiger partial charge in [0.15, 0.2) is 4.47 Å². The number of azide groups is 1. The summed E-state index contributed by atoms with van der Waals surface area (Å²) < 4.78 is 1.25. The third kappa shape index (κ3) is 2.72. The van der Waals surface area contributed by atoms with Gasteiger partial charge < -0.3 is 10.2 Å². The molecule has 0 fully saturated rings. The van der Waals surface area contributed by atoms with Crippen LogP contribution in [0.15, 0.2) is 23.3 Å². The number of fused-ring (bicyclic) bond motifs is 1. The number of hydrogen-bond donors (Lipinski definition) is 2. The molecule has 0 amide bonds. The first-order chi connectivity index (χ1) is 8.61. The first-order valence-electron chi connectivity index (χ1n) is 5.05. The molecule has 6 nitrogen and oxygen atoms in total. The molecule has 8 heteroatoms. The minimum atomic E-state index is -1.14. The van der Waals surface area contributed by atoms with Crippen LogP contribution in [0.3, 0.4) is 0 Å². The van der Waals surface area contributed by atoms with E-state index in [1.165, 1.54) is 11.3 Å².